The number of benzene rings is 1. The summed E-state index contributed by atoms with van der Waals surface area (Å²) in [5.74, 6) is 1.46. The van der Waals surface area contributed by atoms with Crippen molar-refractivity contribution in [2.45, 2.75) is 19.3 Å². The highest BCUT2D eigenvalue weighted by atomic mass is 16.5. The molecule has 1 N–H and O–H groups in total. The largest absolute Gasteiger partial charge is 0.494 e. The fraction of sp³-hybridized carbons (Fsp3) is 0.400. The summed E-state index contributed by atoms with van der Waals surface area (Å²) in [6.45, 7) is 4.82. The molecule has 0 saturated carbocycles. The van der Waals surface area contributed by atoms with Crippen molar-refractivity contribution < 1.29 is 4.74 Å². The molecule has 2 heterocycles. The van der Waals surface area contributed by atoms with E-state index in [4.69, 9.17) is 4.74 Å². The summed E-state index contributed by atoms with van der Waals surface area (Å²) >= 11 is 0. The van der Waals surface area contributed by atoms with Gasteiger partial charge in [0.15, 0.2) is 0 Å². The van der Waals surface area contributed by atoms with E-state index in [0.29, 0.717) is 12.5 Å². The Morgan fingerprint density at radius 1 is 1.47 bits per heavy atom. The van der Waals surface area contributed by atoms with Crippen LogP contribution < -0.4 is 10.1 Å². The smallest absolute Gasteiger partial charge is 0.121 e. The zero-order valence-electron chi connectivity index (χ0n) is 11.2. The van der Waals surface area contributed by atoms with Crippen molar-refractivity contribution in [3.8, 4) is 11.4 Å². The molecule has 0 spiro atoms. The van der Waals surface area contributed by atoms with Crippen LogP contribution in [0.15, 0.2) is 36.8 Å². The number of nitrogens with one attached hydrogen (secondary N) is 1. The molecular weight excluding hydrogens is 238 g/mol. The van der Waals surface area contributed by atoms with Crippen molar-refractivity contribution in [3.63, 3.8) is 0 Å². The topological polar surface area (TPSA) is 39.1 Å². The number of aromatic nitrogens is 2. The maximum absolute atomic E-state index is 5.56. The van der Waals surface area contributed by atoms with Gasteiger partial charge in [-0.05, 0) is 32.0 Å². The van der Waals surface area contributed by atoms with E-state index < -0.39 is 0 Å². The van der Waals surface area contributed by atoms with Gasteiger partial charge in [-0.15, -0.1) is 0 Å². The molecule has 1 aromatic heterocycles. The molecule has 1 aliphatic rings. The molecule has 1 atom stereocenters. The minimum atomic E-state index is 0.554. The molecule has 1 aromatic carbocycles. The van der Waals surface area contributed by atoms with E-state index in [1.807, 2.05) is 31.6 Å². The molecule has 0 amide bonds. The van der Waals surface area contributed by atoms with E-state index in [2.05, 4.69) is 27.0 Å². The van der Waals surface area contributed by atoms with Crippen LogP contribution in [0.4, 0.5) is 0 Å². The lowest BCUT2D eigenvalue weighted by molar-refractivity contribution is 0.340. The minimum Gasteiger partial charge on any atom is -0.494 e. The van der Waals surface area contributed by atoms with E-state index in [1.54, 1.807) is 0 Å². The molecular formula is C15H19N3O. The third-order valence-electron chi connectivity index (χ3n) is 3.55. The van der Waals surface area contributed by atoms with E-state index in [-0.39, 0.29) is 0 Å². The van der Waals surface area contributed by atoms with Crippen LogP contribution >= 0.6 is 0 Å². The van der Waals surface area contributed by atoms with Gasteiger partial charge in [0, 0.05) is 30.4 Å². The Hall–Kier alpha value is -1.81. The Kier molecular flexibility index (Phi) is 3.51. The molecule has 4 heteroatoms. The predicted octanol–water partition coefficient (Wildman–Crippen LogP) is 2.35. The first-order valence-electron chi connectivity index (χ1n) is 6.84. The van der Waals surface area contributed by atoms with Crippen LogP contribution in [0.25, 0.3) is 5.69 Å². The summed E-state index contributed by atoms with van der Waals surface area (Å²) < 4.78 is 7.73. The van der Waals surface area contributed by atoms with Gasteiger partial charge >= 0.3 is 0 Å². The molecule has 0 aliphatic carbocycles. The van der Waals surface area contributed by atoms with Crippen LogP contribution in [0.1, 0.15) is 25.0 Å². The number of rotatable bonds is 4. The van der Waals surface area contributed by atoms with Crippen molar-refractivity contribution in [1.29, 1.82) is 0 Å². The van der Waals surface area contributed by atoms with Gasteiger partial charge in [0.1, 0.15) is 5.75 Å². The lowest BCUT2D eigenvalue weighted by Gasteiger charge is -2.13. The third kappa shape index (κ3) is 2.49. The Morgan fingerprint density at radius 3 is 3.21 bits per heavy atom. The van der Waals surface area contributed by atoms with Gasteiger partial charge in [-0.2, -0.15) is 0 Å². The molecule has 19 heavy (non-hydrogen) atoms. The van der Waals surface area contributed by atoms with Gasteiger partial charge in [0.25, 0.3) is 0 Å². The molecule has 1 saturated heterocycles. The zero-order valence-corrected chi connectivity index (χ0v) is 11.2. The number of hydrogen-bond acceptors (Lipinski definition) is 3. The second-order valence-corrected chi connectivity index (χ2v) is 4.81. The monoisotopic (exact) mass is 257 g/mol. The van der Waals surface area contributed by atoms with Gasteiger partial charge in [-0.25, -0.2) is 4.98 Å². The van der Waals surface area contributed by atoms with Crippen molar-refractivity contribution in [1.82, 2.24) is 14.9 Å². The minimum absolute atomic E-state index is 0.554. The van der Waals surface area contributed by atoms with Crippen LogP contribution in [-0.2, 0) is 0 Å². The lowest BCUT2D eigenvalue weighted by Crippen LogP contribution is -2.10. The SMILES string of the molecule is CCOc1cccc(-n2cncc2C2CCNC2)c1. The third-order valence-corrected chi connectivity index (χ3v) is 3.55. The normalized spacial score (nSPS) is 18.7. The summed E-state index contributed by atoms with van der Waals surface area (Å²) in [4.78, 5) is 4.31. The Labute approximate surface area is 113 Å². The maximum Gasteiger partial charge on any atom is 0.121 e. The predicted molar refractivity (Wildman–Crippen MR) is 75.0 cm³/mol. The van der Waals surface area contributed by atoms with E-state index in [9.17, 15) is 0 Å². The van der Waals surface area contributed by atoms with Crippen LogP contribution in [0.5, 0.6) is 5.75 Å². The Balaban J connectivity index is 1.93. The highest BCUT2D eigenvalue weighted by Gasteiger charge is 2.20. The summed E-state index contributed by atoms with van der Waals surface area (Å²) in [6.07, 6.45) is 5.04. The van der Waals surface area contributed by atoms with E-state index in [1.165, 1.54) is 12.1 Å². The second-order valence-electron chi connectivity index (χ2n) is 4.81. The molecule has 0 bridgehead atoms. The van der Waals surface area contributed by atoms with Gasteiger partial charge < -0.3 is 14.6 Å². The fourth-order valence-corrected chi connectivity index (χ4v) is 2.62. The summed E-state index contributed by atoms with van der Waals surface area (Å²) in [5.41, 5.74) is 2.39. The molecule has 1 fully saturated rings. The van der Waals surface area contributed by atoms with Crippen molar-refractivity contribution in [2.24, 2.45) is 0 Å². The van der Waals surface area contributed by atoms with Gasteiger partial charge in [-0.3, -0.25) is 0 Å². The number of ether oxygens (including phenoxy) is 1. The first kappa shape index (κ1) is 12.2. The van der Waals surface area contributed by atoms with Gasteiger partial charge in [0.05, 0.1) is 18.6 Å². The molecule has 100 valence electrons. The zero-order chi connectivity index (χ0) is 13.1. The molecule has 4 nitrogen and oxygen atoms in total. The van der Waals surface area contributed by atoms with Crippen molar-refractivity contribution >= 4 is 0 Å². The van der Waals surface area contributed by atoms with E-state index >= 15 is 0 Å². The first-order valence-corrected chi connectivity index (χ1v) is 6.84. The molecule has 1 aliphatic heterocycles. The van der Waals surface area contributed by atoms with Crippen LogP contribution in [0.3, 0.4) is 0 Å². The summed E-state index contributed by atoms with van der Waals surface area (Å²) in [5, 5.41) is 3.41. The van der Waals surface area contributed by atoms with Crippen molar-refractivity contribution in [2.75, 3.05) is 19.7 Å². The quantitative estimate of drug-likeness (QED) is 0.913. The second kappa shape index (κ2) is 5.45. The Bertz CT molecular complexity index is 544. The molecule has 3 rings (SSSR count). The van der Waals surface area contributed by atoms with Crippen LogP contribution in [0.2, 0.25) is 0 Å². The fourth-order valence-electron chi connectivity index (χ4n) is 2.62. The Morgan fingerprint density at radius 2 is 2.42 bits per heavy atom. The first-order chi connectivity index (χ1) is 9.38. The standard InChI is InChI=1S/C15H19N3O/c1-2-19-14-5-3-4-13(8-14)18-11-17-10-15(18)12-6-7-16-9-12/h3-5,8,10-12,16H,2,6-7,9H2,1H3. The van der Waals surface area contributed by atoms with E-state index in [0.717, 1.165) is 24.5 Å². The summed E-state index contributed by atoms with van der Waals surface area (Å²) in [7, 11) is 0. The maximum atomic E-state index is 5.56. The average molecular weight is 257 g/mol. The number of nitrogens with zero attached hydrogens (tertiary/aromatic N) is 2. The number of hydrogen-bond donors (Lipinski definition) is 1. The molecule has 1 unspecified atom stereocenters. The highest BCUT2D eigenvalue weighted by Crippen LogP contribution is 2.26. The highest BCUT2D eigenvalue weighted by molar-refractivity contribution is 5.41. The molecule has 0 radical (unpaired) electrons. The molecule has 2 aromatic rings. The average Bonchev–Trinajstić information content (AvgIpc) is 3.10. The van der Waals surface area contributed by atoms with Crippen LogP contribution in [-0.4, -0.2) is 29.2 Å². The van der Waals surface area contributed by atoms with Crippen molar-refractivity contribution in [3.05, 3.63) is 42.5 Å². The van der Waals surface area contributed by atoms with Crippen LogP contribution in [0, 0.1) is 0 Å². The number of imidazole rings is 1. The van der Waals surface area contributed by atoms with Gasteiger partial charge in [0.2, 0.25) is 0 Å². The lowest BCUT2D eigenvalue weighted by atomic mass is 10.1. The van der Waals surface area contributed by atoms with Gasteiger partial charge in [-0.1, -0.05) is 6.07 Å². The summed E-state index contributed by atoms with van der Waals surface area (Å²) in [6, 6.07) is 8.17.